The first kappa shape index (κ1) is 18.4. The molecule has 0 radical (unpaired) electrons. The number of methoxy groups -OCH3 is 2. The van der Waals surface area contributed by atoms with Crippen LogP contribution in [0, 0.1) is 0 Å². The number of nitrogens with zero attached hydrogens (tertiary/aromatic N) is 2. The van der Waals surface area contributed by atoms with E-state index in [0.29, 0.717) is 23.6 Å². The summed E-state index contributed by atoms with van der Waals surface area (Å²) in [5, 5.41) is 13.3. The highest BCUT2D eigenvalue weighted by Gasteiger charge is 2.34. The van der Waals surface area contributed by atoms with Gasteiger partial charge in [0.25, 0.3) is 0 Å². The van der Waals surface area contributed by atoms with Crippen LogP contribution in [0.5, 0.6) is 23.0 Å². The Morgan fingerprint density at radius 2 is 2.11 bits per heavy atom. The predicted octanol–water partition coefficient (Wildman–Crippen LogP) is 3.23. The summed E-state index contributed by atoms with van der Waals surface area (Å²) in [4.78, 5) is 2.25. The van der Waals surface area contributed by atoms with Gasteiger partial charge in [0.05, 0.1) is 19.9 Å². The van der Waals surface area contributed by atoms with Crippen LogP contribution in [-0.2, 0) is 6.42 Å². The highest BCUT2D eigenvalue weighted by Crippen LogP contribution is 2.50. The molecular formula is C21H24N2O5. The number of hydrogen-bond donors (Lipinski definition) is 1. The molecule has 2 aliphatic rings. The number of oxime groups is 1. The first-order valence-electron chi connectivity index (χ1n) is 9.21. The van der Waals surface area contributed by atoms with Crippen molar-refractivity contribution in [1.29, 1.82) is 0 Å². The molecule has 0 aromatic heterocycles. The van der Waals surface area contributed by atoms with Crippen molar-refractivity contribution in [2.75, 3.05) is 34.6 Å². The summed E-state index contributed by atoms with van der Waals surface area (Å²) >= 11 is 0. The van der Waals surface area contributed by atoms with Gasteiger partial charge in [-0.1, -0.05) is 17.3 Å². The molecular weight excluding hydrogens is 360 g/mol. The molecule has 0 aliphatic carbocycles. The lowest BCUT2D eigenvalue weighted by Gasteiger charge is -2.36. The summed E-state index contributed by atoms with van der Waals surface area (Å²) in [7, 11) is 5.33. The van der Waals surface area contributed by atoms with Crippen molar-refractivity contribution < 1.29 is 24.2 Å². The highest BCUT2D eigenvalue weighted by atomic mass is 16.7. The minimum absolute atomic E-state index is 0.0229. The Bertz CT molecular complexity index is 912. The van der Waals surface area contributed by atoms with Gasteiger partial charge >= 0.3 is 0 Å². The van der Waals surface area contributed by atoms with Gasteiger partial charge in [0, 0.05) is 30.1 Å². The van der Waals surface area contributed by atoms with E-state index in [-0.39, 0.29) is 12.8 Å². The van der Waals surface area contributed by atoms with Gasteiger partial charge in [0.15, 0.2) is 11.5 Å². The lowest BCUT2D eigenvalue weighted by Crippen LogP contribution is -2.34. The second kappa shape index (κ2) is 7.59. The third kappa shape index (κ3) is 3.11. The van der Waals surface area contributed by atoms with Gasteiger partial charge in [-0.05, 0) is 37.2 Å². The molecule has 1 atom stereocenters. The van der Waals surface area contributed by atoms with Crippen molar-refractivity contribution in [3.05, 3.63) is 47.0 Å². The highest BCUT2D eigenvalue weighted by molar-refractivity contribution is 6.01. The lowest BCUT2D eigenvalue weighted by molar-refractivity contribution is 0.170. The summed E-state index contributed by atoms with van der Waals surface area (Å²) in [5.74, 6) is 2.79. The molecule has 7 heteroatoms. The van der Waals surface area contributed by atoms with Gasteiger partial charge < -0.3 is 24.2 Å². The van der Waals surface area contributed by atoms with Crippen LogP contribution >= 0.6 is 0 Å². The average Bonchev–Trinajstić information content (AvgIpc) is 3.20. The monoisotopic (exact) mass is 384 g/mol. The Hall–Kier alpha value is -2.93. The quantitative estimate of drug-likeness (QED) is 0.485. The summed E-state index contributed by atoms with van der Waals surface area (Å²) in [6.45, 7) is 1.08. The van der Waals surface area contributed by atoms with E-state index < -0.39 is 0 Å². The van der Waals surface area contributed by atoms with Crippen LogP contribution in [0.15, 0.2) is 35.5 Å². The molecule has 0 fully saturated rings. The van der Waals surface area contributed by atoms with E-state index >= 15 is 0 Å². The maximum atomic E-state index is 9.74. The Labute approximate surface area is 164 Å². The summed E-state index contributed by atoms with van der Waals surface area (Å²) in [6, 6.07) is 9.56. The van der Waals surface area contributed by atoms with E-state index in [1.807, 2.05) is 30.3 Å². The molecule has 0 spiro atoms. The van der Waals surface area contributed by atoms with Gasteiger partial charge in [-0.3, -0.25) is 4.90 Å². The van der Waals surface area contributed by atoms with E-state index in [1.165, 1.54) is 5.56 Å². The lowest BCUT2D eigenvalue weighted by atomic mass is 9.87. The maximum Gasteiger partial charge on any atom is 0.231 e. The van der Waals surface area contributed by atoms with Gasteiger partial charge in [-0.25, -0.2) is 0 Å². The number of likely N-dealkylation sites (N-methyl/N-ethyl adjacent to an activating group) is 1. The molecule has 2 aromatic carbocycles. The van der Waals surface area contributed by atoms with Crippen molar-refractivity contribution in [2.45, 2.75) is 18.9 Å². The zero-order valence-electron chi connectivity index (χ0n) is 16.3. The minimum atomic E-state index is -0.0229. The second-order valence-electron chi connectivity index (χ2n) is 6.95. The Morgan fingerprint density at radius 1 is 1.25 bits per heavy atom. The first-order valence-corrected chi connectivity index (χ1v) is 9.21. The van der Waals surface area contributed by atoms with Gasteiger partial charge in [-0.15, -0.1) is 0 Å². The fraction of sp³-hybridized carbons (Fsp3) is 0.381. The van der Waals surface area contributed by atoms with Crippen LogP contribution < -0.4 is 18.9 Å². The van der Waals surface area contributed by atoms with Crippen LogP contribution in [0.4, 0.5) is 0 Å². The molecule has 2 heterocycles. The van der Waals surface area contributed by atoms with Crippen molar-refractivity contribution >= 4 is 5.71 Å². The Morgan fingerprint density at radius 3 is 2.86 bits per heavy atom. The summed E-state index contributed by atoms with van der Waals surface area (Å²) in [6.07, 6.45) is 1.41. The van der Waals surface area contributed by atoms with Crippen LogP contribution in [0.1, 0.15) is 29.2 Å². The van der Waals surface area contributed by atoms with Gasteiger partial charge in [0.1, 0.15) is 5.75 Å². The molecule has 0 unspecified atom stereocenters. The summed E-state index contributed by atoms with van der Waals surface area (Å²) in [5.41, 5.74) is 3.64. The summed E-state index contributed by atoms with van der Waals surface area (Å²) < 4.78 is 22.3. The molecule has 1 N–H and O–H groups in total. The van der Waals surface area contributed by atoms with Crippen molar-refractivity contribution in [2.24, 2.45) is 5.16 Å². The van der Waals surface area contributed by atoms with Crippen molar-refractivity contribution in [3.8, 4) is 23.0 Å². The standard InChI is InChI=1S/C21H24N2O5/c1-23-8-7-14-10-18-20(28-12-27-18)21(26-3)19(14)17(23)11-16(22-24)13-5-4-6-15(9-13)25-2/h4-6,9-10,17,24H,7-8,11-12H2,1-3H3/b22-16-/t17-/m1/s1. The topological polar surface area (TPSA) is 72.8 Å². The molecule has 7 nitrogen and oxygen atoms in total. The van der Waals surface area contributed by atoms with E-state index in [0.717, 1.165) is 35.6 Å². The average molecular weight is 384 g/mol. The third-order valence-electron chi connectivity index (χ3n) is 5.46. The molecule has 0 amide bonds. The fourth-order valence-electron chi connectivity index (χ4n) is 3.99. The molecule has 148 valence electrons. The second-order valence-corrected chi connectivity index (χ2v) is 6.95. The smallest absolute Gasteiger partial charge is 0.231 e. The fourth-order valence-corrected chi connectivity index (χ4v) is 3.99. The first-order chi connectivity index (χ1) is 13.7. The SMILES string of the molecule is COc1cccc(/C(C[C@@H]2c3c(cc4c(c3OC)OCO4)CCN2C)=N\O)c1. The van der Waals surface area contributed by atoms with E-state index in [1.54, 1.807) is 14.2 Å². The maximum absolute atomic E-state index is 9.74. The van der Waals surface area contributed by atoms with Gasteiger partial charge in [0.2, 0.25) is 12.5 Å². The number of ether oxygens (including phenoxy) is 4. The molecule has 4 rings (SSSR count). The van der Waals surface area contributed by atoms with Crippen molar-refractivity contribution in [1.82, 2.24) is 4.90 Å². The van der Waals surface area contributed by atoms with Crippen LogP contribution in [0.25, 0.3) is 0 Å². The molecule has 28 heavy (non-hydrogen) atoms. The zero-order valence-corrected chi connectivity index (χ0v) is 16.3. The van der Waals surface area contributed by atoms with Crippen LogP contribution in [-0.4, -0.2) is 50.4 Å². The van der Waals surface area contributed by atoms with E-state index in [2.05, 4.69) is 17.1 Å². The van der Waals surface area contributed by atoms with Crippen LogP contribution in [0.2, 0.25) is 0 Å². The minimum Gasteiger partial charge on any atom is -0.497 e. The van der Waals surface area contributed by atoms with E-state index in [4.69, 9.17) is 18.9 Å². The molecule has 0 saturated heterocycles. The molecule has 2 aliphatic heterocycles. The number of rotatable bonds is 5. The van der Waals surface area contributed by atoms with E-state index in [9.17, 15) is 5.21 Å². The number of fused-ring (bicyclic) bond motifs is 2. The predicted molar refractivity (Wildman–Crippen MR) is 104 cm³/mol. The largest absolute Gasteiger partial charge is 0.497 e. The van der Waals surface area contributed by atoms with Crippen molar-refractivity contribution in [3.63, 3.8) is 0 Å². The molecule has 0 bridgehead atoms. The Balaban J connectivity index is 1.74. The molecule has 2 aromatic rings. The number of hydrogen-bond acceptors (Lipinski definition) is 7. The molecule has 0 saturated carbocycles. The van der Waals surface area contributed by atoms with Gasteiger partial charge in [-0.2, -0.15) is 0 Å². The van der Waals surface area contributed by atoms with Crippen LogP contribution in [0.3, 0.4) is 0 Å². The number of benzene rings is 2. The normalized spacial score (nSPS) is 18.7. The zero-order chi connectivity index (χ0) is 19.7. The Kier molecular flexibility index (Phi) is 5.00. The third-order valence-corrected chi connectivity index (χ3v) is 5.46.